The average molecular weight is 383 g/mol. The van der Waals surface area contributed by atoms with Crippen LogP contribution < -0.4 is 9.64 Å². The summed E-state index contributed by atoms with van der Waals surface area (Å²) in [5.41, 5.74) is -2.37. The van der Waals surface area contributed by atoms with E-state index in [2.05, 4.69) is 0 Å². The number of esters is 1. The molecule has 1 spiro atoms. The second-order valence-electron chi connectivity index (χ2n) is 8.82. The zero-order valence-electron chi connectivity index (χ0n) is 16.3. The Bertz CT molecular complexity index is 912. The molecule has 6 nitrogen and oxygen atoms in total. The molecule has 1 saturated carbocycles. The first kappa shape index (κ1) is 17.7. The summed E-state index contributed by atoms with van der Waals surface area (Å²) >= 11 is 0. The molecule has 3 fully saturated rings. The molecule has 1 N–H and O–H groups in total. The third-order valence-corrected chi connectivity index (χ3v) is 7.78. The second-order valence-corrected chi connectivity index (χ2v) is 8.82. The minimum atomic E-state index is -1.29. The molecule has 2 aliphatic heterocycles. The molecule has 2 heterocycles. The van der Waals surface area contributed by atoms with Crippen LogP contribution in [-0.2, 0) is 14.3 Å². The normalized spacial score (nSPS) is 43.6. The molecule has 28 heavy (non-hydrogen) atoms. The molecule has 0 aromatic heterocycles. The van der Waals surface area contributed by atoms with Gasteiger partial charge in [-0.3, -0.25) is 4.79 Å². The van der Waals surface area contributed by atoms with Gasteiger partial charge >= 0.3 is 5.97 Å². The van der Waals surface area contributed by atoms with E-state index in [1.807, 2.05) is 36.1 Å². The smallest absolute Gasteiger partial charge is 0.334 e. The Hall–Kier alpha value is -2.34. The quantitative estimate of drug-likeness (QED) is 0.623. The van der Waals surface area contributed by atoms with Crippen LogP contribution in [0.4, 0.5) is 5.69 Å². The van der Waals surface area contributed by atoms with Crippen molar-refractivity contribution in [2.45, 2.75) is 43.9 Å². The number of ether oxygens (including phenoxy) is 2. The van der Waals surface area contributed by atoms with Crippen LogP contribution in [0.1, 0.15) is 26.7 Å². The van der Waals surface area contributed by atoms with E-state index in [1.165, 1.54) is 6.08 Å². The number of rotatable bonds is 2. The van der Waals surface area contributed by atoms with E-state index in [0.29, 0.717) is 12.3 Å². The molecule has 2 saturated heterocycles. The molecule has 0 bridgehead atoms. The van der Waals surface area contributed by atoms with Crippen molar-refractivity contribution in [1.82, 2.24) is 0 Å². The SMILES string of the molecule is COc1ccccc1N1C[C@]12C(=O)O[C@@H]1[C@H]2CC[C@H](C)[C@]2(O)C=CC(=O)[C@@]12C. The number of allylic oxidation sites excluding steroid dienone is 1. The lowest BCUT2D eigenvalue weighted by atomic mass is 9.64. The van der Waals surface area contributed by atoms with Gasteiger partial charge in [0.25, 0.3) is 0 Å². The lowest BCUT2D eigenvalue weighted by Crippen LogP contribution is -2.57. The van der Waals surface area contributed by atoms with Crippen molar-refractivity contribution in [3.63, 3.8) is 0 Å². The summed E-state index contributed by atoms with van der Waals surface area (Å²) in [5, 5.41) is 11.4. The van der Waals surface area contributed by atoms with E-state index in [1.54, 1.807) is 20.1 Å². The van der Waals surface area contributed by atoms with Gasteiger partial charge in [0.15, 0.2) is 11.3 Å². The number of carbonyl (C=O) groups is 2. The number of methoxy groups -OCH3 is 1. The summed E-state index contributed by atoms with van der Waals surface area (Å²) in [7, 11) is 1.61. The van der Waals surface area contributed by atoms with Crippen molar-refractivity contribution < 1.29 is 24.2 Å². The fourth-order valence-electron chi connectivity index (χ4n) is 5.90. The second kappa shape index (κ2) is 5.38. The predicted molar refractivity (Wildman–Crippen MR) is 102 cm³/mol. The largest absolute Gasteiger partial charge is 0.495 e. The summed E-state index contributed by atoms with van der Waals surface area (Å²) in [4.78, 5) is 28.1. The monoisotopic (exact) mass is 383 g/mol. The summed E-state index contributed by atoms with van der Waals surface area (Å²) in [6.45, 7) is 4.27. The number of fused-ring (bicyclic) bond motifs is 4. The van der Waals surface area contributed by atoms with Crippen molar-refractivity contribution in [3.05, 3.63) is 36.4 Å². The number of nitrogens with zero attached hydrogens (tertiary/aromatic N) is 1. The molecule has 5 rings (SSSR count). The number of benzene rings is 1. The lowest BCUT2D eigenvalue weighted by Gasteiger charge is -2.43. The Labute approximate surface area is 164 Å². The summed E-state index contributed by atoms with van der Waals surface area (Å²) in [6.07, 6.45) is 3.89. The van der Waals surface area contributed by atoms with E-state index in [-0.39, 0.29) is 23.6 Å². The molecule has 1 aromatic carbocycles. The van der Waals surface area contributed by atoms with E-state index < -0.39 is 22.7 Å². The molecule has 4 aliphatic rings. The van der Waals surface area contributed by atoms with E-state index >= 15 is 0 Å². The molecule has 6 heteroatoms. The molecule has 6 atom stereocenters. The summed E-state index contributed by atoms with van der Waals surface area (Å²) in [6, 6.07) is 7.62. The number of carbonyl (C=O) groups excluding carboxylic acids is 2. The molecular weight excluding hydrogens is 358 g/mol. The molecule has 0 amide bonds. The number of hydrogen-bond acceptors (Lipinski definition) is 6. The van der Waals surface area contributed by atoms with Crippen molar-refractivity contribution >= 4 is 17.4 Å². The van der Waals surface area contributed by atoms with Gasteiger partial charge in [0.1, 0.15) is 17.5 Å². The van der Waals surface area contributed by atoms with Crippen LogP contribution in [0, 0.1) is 17.3 Å². The lowest BCUT2D eigenvalue weighted by molar-refractivity contribution is -0.166. The van der Waals surface area contributed by atoms with Gasteiger partial charge < -0.3 is 19.5 Å². The van der Waals surface area contributed by atoms with Gasteiger partial charge in [-0.15, -0.1) is 0 Å². The number of anilines is 1. The standard InChI is InChI=1S/C22H25NO5/c1-13-8-9-14-18(20(2)17(24)10-11-22(13,20)26)28-19(25)21(14)12-23(21)15-6-4-5-7-16(15)27-3/h4-7,10-11,13-14,18,26H,8-9,12H2,1-3H3/t13-,14+,18+,20-,21-,22+,23?/m0/s1. The zero-order chi connectivity index (χ0) is 19.9. The Kier molecular flexibility index (Phi) is 3.41. The van der Waals surface area contributed by atoms with Crippen molar-refractivity contribution in [1.29, 1.82) is 0 Å². The topological polar surface area (TPSA) is 75.8 Å². The van der Waals surface area contributed by atoms with Crippen LogP contribution >= 0.6 is 0 Å². The van der Waals surface area contributed by atoms with Crippen LogP contribution in [0.5, 0.6) is 5.75 Å². The molecule has 2 aliphatic carbocycles. The van der Waals surface area contributed by atoms with E-state index in [9.17, 15) is 14.7 Å². The number of hydrogen-bond donors (Lipinski definition) is 1. The Morgan fingerprint density at radius 1 is 1.25 bits per heavy atom. The van der Waals surface area contributed by atoms with Crippen LogP contribution in [0.15, 0.2) is 36.4 Å². The highest BCUT2D eigenvalue weighted by atomic mass is 16.6. The summed E-state index contributed by atoms with van der Waals surface area (Å²) < 4.78 is 11.4. The molecule has 0 radical (unpaired) electrons. The van der Waals surface area contributed by atoms with Crippen molar-refractivity contribution in [2.75, 3.05) is 18.6 Å². The third kappa shape index (κ3) is 1.82. The van der Waals surface area contributed by atoms with Gasteiger partial charge in [0.2, 0.25) is 0 Å². The number of aliphatic hydroxyl groups is 1. The molecule has 148 valence electrons. The minimum Gasteiger partial charge on any atom is -0.495 e. The molecule has 1 aromatic rings. The maximum absolute atomic E-state index is 13.1. The Balaban J connectivity index is 1.58. The van der Waals surface area contributed by atoms with Crippen LogP contribution in [0.25, 0.3) is 0 Å². The Morgan fingerprint density at radius 3 is 2.75 bits per heavy atom. The van der Waals surface area contributed by atoms with E-state index in [0.717, 1.165) is 18.5 Å². The number of para-hydroxylation sites is 2. The fourth-order valence-corrected chi connectivity index (χ4v) is 5.90. The average Bonchev–Trinajstić information content (AvgIpc) is 3.33. The molecule has 0 unspecified atom stereocenters. The zero-order valence-corrected chi connectivity index (χ0v) is 16.3. The molecular formula is C22H25NO5. The van der Waals surface area contributed by atoms with E-state index in [4.69, 9.17) is 9.47 Å². The first-order valence-electron chi connectivity index (χ1n) is 9.88. The van der Waals surface area contributed by atoms with Gasteiger partial charge in [-0.1, -0.05) is 19.1 Å². The van der Waals surface area contributed by atoms with Crippen LogP contribution in [0.3, 0.4) is 0 Å². The highest BCUT2D eigenvalue weighted by Crippen LogP contribution is 2.62. The third-order valence-electron chi connectivity index (χ3n) is 7.78. The maximum atomic E-state index is 13.1. The van der Waals surface area contributed by atoms with Gasteiger partial charge in [-0.2, -0.15) is 0 Å². The summed E-state index contributed by atoms with van der Waals surface area (Å²) in [5.74, 6) is -0.00600. The van der Waals surface area contributed by atoms with Gasteiger partial charge in [0.05, 0.1) is 24.8 Å². The predicted octanol–water partition coefficient (Wildman–Crippen LogP) is 2.10. The fraction of sp³-hybridized carbons (Fsp3) is 0.545. The van der Waals surface area contributed by atoms with Crippen molar-refractivity contribution in [2.24, 2.45) is 17.3 Å². The first-order chi connectivity index (χ1) is 13.3. The Morgan fingerprint density at radius 2 is 2.00 bits per heavy atom. The minimum absolute atomic E-state index is 0.0972. The number of ketones is 1. The van der Waals surface area contributed by atoms with Gasteiger partial charge in [0, 0.05) is 5.92 Å². The van der Waals surface area contributed by atoms with Gasteiger partial charge in [-0.05, 0) is 50.0 Å². The van der Waals surface area contributed by atoms with Crippen LogP contribution in [-0.4, -0.2) is 47.8 Å². The van der Waals surface area contributed by atoms with Crippen molar-refractivity contribution in [3.8, 4) is 5.75 Å². The van der Waals surface area contributed by atoms with Gasteiger partial charge in [-0.25, -0.2) is 4.79 Å². The highest BCUT2D eigenvalue weighted by molar-refractivity contribution is 6.02. The maximum Gasteiger partial charge on any atom is 0.334 e. The highest BCUT2D eigenvalue weighted by Gasteiger charge is 2.77. The first-order valence-corrected chi connectivity index (χ1v) is 9.88. The van der Waals surface area contributed by atoms with Crippen LogP contribution in [0.2, 0.25) is 0 Å².